The number of furan rings is 1. The third kappa shape index (κ3) is 4.55. The molecule has 0 fully saturated rings. The first-order chi connectivity index (χ1) is 22.2. The van der Waals surface area contributed by atoms with Crippen molar-refractivity contribution in [3.63, 3.8) is 0 Å². The lowest BCUT2D eigenvalue weighted by atomic mass is 10.00. The highest BCUT2D eigenvalue weighted by atomic mass is 16.3. The van der Waals surface area contributed by atoms with Gasteiger partial charge in [0.25, 0.3) is 0 Å². The molecule has 0 saturated heterocycles. The fourth-order valence-corrected chi connectivity index (χ4v) is 6.26. The van der Waals surface area contributed by atoms with E-state index < -0.39 is 0 Å². The quantitative estimate of drug-likeness (QED) is 0.206. The summed E-state index contributed by atoms with van der Waals surface area (Å²) >= 11 is 0. The van der Waals surface area contributed by atoms with Crippen LogP contribution in [0.3, 0.4) is 0 Å². The van der Waals surface area contributed by atoms with E-state index in [1.165, 1.54) is 21.7 Å². The second-order valence-electron chi connectivity index (χ2n) is 11.4. The van der Waals surface area contributed by atoms with Crippen LogP contribution in [-0.2, 0) is 0 Å². The maximum absolute atomic E-state index is 6.37. The van der Waals surface area contributed by atoms with E-state index in [1.807, 2.05) is 30.3 Å². The zero-order valence-corrected chi connectivity index (χ0v) is 24.3. The fraction of sp³-hybridized carbons (Fsp3) is 0.0244. The smallest absolute Gasteiger partial charge is 0.136 e. The van der Waals surface area contributed by atoms with Gasteiger partial charge in [-0.15, -0.1) is 0 Å². The number of aliphatic imine (C=N–C) groups is 2. The van der Waals surface area contributed by atoms with E-state index >= 15 is 0 Å². The molecule has 0 saturated carbocycles. The number of benzene rings is 7. The first kappa shape index (κ1) is 25.5. The first-order valence-corrected chi connectivity index (χ1v) is 15.1. The number of hydrogen-bond donors (Lipinski definition) is 0. The number of rotatable bonds is 4. The van der Waals surface area contributed by atoms with Gasteiger partial charge in [0.1, 0.15) is 11.2 Å². The van der Waals surface area contributed by atoms with E-state index in [0.717, 1.165) is 49.6 Å². The largest absolute Gasteiger partial charge is 0.456 e. The van der Waals surface area contributed by atoms with Crippen LogP contribution in [0.5, 0.6) is 0 Å². The number of nitrogens with zero attached hydrogens (tertiary/aromatic N) is 3. The van der Waals surface area contributed by atoms with Crippen LogP contribution in [0, 0.1) is 0 Å². The molecule has 4 nitrogen and oxygen atoms in total. The van der Waals surface area contributed by atoms with Gasteiger partial charge in [-0.3, -0.25) is 4.99 Å². The highest BCUT2D eigenvalue weighted by Gasteiger charge is 2.16. The molecular formula is C41H26N3O-. The molecule has 0 spiro atoms. The number of amidine groups is 2. The summed E-state index contributed by atoms with van der Waals surface area (Å²) in [5, 5.41) is 11.9. The van der Waals surface area contributed by atoms with E-state index in [1.54, 1.807) is 0 Å². The van der Waals surface area contributed by atoms with Gasteiger partial charge in [0, 0.05) is 10.8 Å². The highest BCUT2D eigenvalue weighted by molar-refractivity contribution is 6.20. The summed E-state index contributed by atoms with van der Waals surface area (Å²) in [4.78, 5) is 10.1. The Hall–Kier alpha value is -6.00. The molecule has 1 aliphatic rings. The first-order valence-electron chi connectivity index (χ1n) is 15.1. The lowest BCUT2D eigenvalue weighted by Crippen LogP contribution is -2.15. The van der Waals surface area contributed by atoms with Gasteiger partial charge in [-0.2, -0.15) is 0 Å². The monoisotopic (exact) mass is 576 g/mol. The minimum absolute atomic E-state index is 0.388. The van der Waals surface area contributed by atoms with Crippen molar-refractivity contribution in [2.24, 2.45) is 9.98 Å². The van der Waals surface area contributed by atoms with Crippen LogP contribution in [0.2, 0.25) is 0 Å². The van der Waals surface area contributed by atoms with Gasteiger partial charge in [-0.05, 0) is 91.8 Å². The molecule has 8 aromatic rings. The molecule has 1 aromatic heterocycles. The summed E-state index contributed by atoms with van der Waals surface area (Å²) in [6.45, 7) is 0. The number of hydrogen-bond acceptors (Lipinski definition) is 3. The Morgan fingerprint density at radius 1 is 0.467 bits per heavy atom. The summed E-state index contributed by atoms with van der Waals surface area (Å²) in [6, 6.07) is 52.6. The van der Waals surface area contributed by atoms with Gasteiger partial charge in [0.2, 0.25) is 0 Å². The summed E-state index contributed by atoms with van der Waals surface area (Å²) in [5.41, 5.74) is 6.91. The Kier molecular flexibility index (Phi) is 5.85. The lowest BCUT2D eigenvalue weighted by Gasteiger charge is -2.32. The van der Waals surface area contributed by atoms with Crippen LogP contribution in [0.25, 0.3) is 59.9 Å². The van der Waals surface area contributed by atoms with Crippen molar-refractivity contribution in [2.75, 3.05) is 0 Å². The van der Waals surface area contributed by atoms with Crippen molar-refractivity contribution in [2.45, 2.75) is 6.17 Å². The second-order valence-corrected chi connectivity index (χ2v) is 11.4. The third-order valence-corrected chi connectivity index (χ3v) is 8.62. The van der Waals surface area contributed by atoms with Gasteiger partial charge in [-0.1, -0.05) is 115 Å². The van der Waals surface area contributed by atoms with Gasteiger partial charge >= 0.3 is 0 Å². The highest BCUT2D eigenvalue weighted by Crippen LogP contribution is 2.36. The second kappa shape index (κ2) is 10.3. The SMILES string of the molecule is c1ccc(C2N=C(c3ccc4oc5cc(-c6ccc7ccccc7c6)ccc5c4c3)N=C(c3ccc4ccccc4c3)[N-]2)cc1. The van der Waals surface area contributed by atoms with E-state index in [9.17, 15) is 0 Å². The predicted octanol–water partition coefficient (Wildman–Crippen LogP) is 10.8. The summed E-state index contributed by atoms with van der Waals surface area (Å²) in [7, 11) is 0. The van der Waals surface area contributed by atoms with Gasteiger partial charge in [0.05, 0.1) is 12.0 Å². The molecule has 9 rings (SSSR count). The van der Waals surface area contributed by atoms with E-state index in [4.69, 9.17) is 19.7 Å². The average molecular weight is 577 g/mol. The Morgan fingerprint density at radius 2 is 1.09 bits per heavy atom. The van der Waals surface area contributed by atoms with Crippen LogP contribution in [0.15, 0.2) is 166 Å². The average Bonchev–Trinajstić information content (AvgIpc) is 3.48. The van der Waals surface area contributed by atoms with Gasteiger partial charge in [0.15, 0.2) is 0 Å². The molecule has 0 N–H and O–H groups in total. The molecule has 1 unspecified atom stereocenters. The van der Waals surface area contributed by atoms with Crippen molar-refractivity contribution in [1.82, 2.24) is 0 Å². The molecule has 0 radical (unpaired) electrons. The van der Waals surface area contributed by atoms with Crippen LogP contribution in [0.4, 0.5) is 0 Å². The van der Waals surface area contributed by atoms with Crippen LogP contribution >= 0.6 is 0 Å². The van der Waals surface area contributed by atoms with Crippen molar-refractivity contribution in [3.8, 4) is 11.1 Å². The zero-order chi connectivity index (χ0) is 29.7. The number of fused-ring (bicyclic) bond motifs is 5. The Bertz CT molecular complexity index is 2470. The van der Waals surface area contributed by atoms with Gasteiger partial charge < -0.3 is 14.7 Å². The third-order valence-electron chi connectivity index (χ3n) is 8.62. The Balaban J connectivity index is 1.14. The predicted molar refractivity (Wildman–Crippen MR) is 186 cm³/mol. The summed E-state index contributed by atoms with van der Waals surface area (Å²) in [5.74, 6) is 1.34. The normalized spacial score (nSPS) is 14.9. The maximum atomic E-state index is 6.37. The van der Waals surface area contributed by atoms with Crippen LogP contribution in [0.1, 0.15) is 22.9 Å². The van der Waals surface area contributed by atoms with Crippen LogP contribution < -0.4 is 0 Å². The zero-order valence-electron chi connectivity index (χ0n) is 24.3. The summed E-state index contributed by atoms with van der Waals surface area (Å²) < 4.78 is 6.37. The minimum atomic E-state index is -0.388. The Morgan fingerprint density at radius 3 is 1.87 bits per heavy atom. The molecule has 7 aromatic carbocycles. The van der Waals surface area contributed by atoms with Crippen molar-refractivity contribution in [1.29, 1.82) is 0 Å². The molecule has 0 bridgehead atoms. The van der Waals surface area contributed by atoms with Crippen LogP contribution in [-0.4, -0.2) is 11.7 Å². The summed E-state index contributed by atoms with van der Waals surface area (Å²) in [6.07, 6.45) is -0.388. The topological polar surface area (TPSA) is 52.0 Å². The molecule has 4 heteroatoms. The molecule has 0 amide bonds. The van der Waals surface area contributed by atoms with E-state index in [0.29, 0.717) is 11.7 Å². The van der Waals surface area contributed by atoms with Crippen molar-refractivity contribution < 1.29 is 4.42 Å². The van der Waals surface area contributed by atoms with Crippen molar-refractivity contribution in [3.05, 3.63) is 174 Å². The molecule has 212 valence electrons. The molecule has 1 atom stereocenters. The standard InChI is InChI=1S/C41H26N3O/c1-2-10-28(11-3-1)39-42-40(33-17-15-27-9-5-7-13-30(27)23-33)44-41(43-39)34-19-21-37-36(24-34)35-20-18-32(25-38(35)45-37)31-16-14-26-8-4-6-12-29(26)22-31/h1-25,39H/q-1. The molecule has 45 heavy (non-hydrogen) atoms. The van der Waals surface area contributed by atoms with Gasteiger partial charge in [-0.25, -0.2) is 0 Å². The Labute approximate surface area is 260 Å². The molecule has 2 heterocycles. The fourth-order valence-electron chi connectivity index (χ4n) is 6.26. The minimum Gasteiger partial charge on any atom is -0.456 e. The molecule has 1 aliphatic heterocycles. The molecular weight excluding hydrogens is 550 g/mol. The van der Waals surface area contributed by atoms with E-state index in [-0.39, 0.29) is 6.17 Å². The molecule has 0 aliphatic carbocycles. The maximum Gasteiger partial charge on any atom is 0.136 e. The lowest BCUT2D eigenvalue weighted by molar-refractivity contribution is 0.669. The van der Waals surface area contributed by atoms with Crippen molar-refractivity contribution >= 4 is 55.2 Å². The van der Waals surface area contributed by atoms with E-state index in [2.05, 4.69) is 121 Å².